The topological polar surface area (TPSA) is 105 Å². The third kappa shape index (κ3) is 3.91. The Kier molecular flexibility index (Phi) is 5.32. The molecule has 0 aliphatic rings. The smallest absolute Gasteiger partial charge is 0.258 e. The summed E-state index contributed by atoms with van der Waals surface area (Å²) in [5, 5.41) is 13.0. The summed E-state index contributed by atoms with van der Waals surface area (Å²) in [6, 6.07) is 7.63. The van der Waals surface area contributed by atoms with E-state index in [1.807, 2.05) is 0 Å². The molecule has 0 aliphatic carbocycles. The van der Waals surface area contributed by atoms with Gasteiger partial charge in [0.15, 0.2) is 11.5 Å². The zero-order valence-electron chi connectivity index (χ0n) is 13.4. The molecule has 0 atom stereocenters. The molecule has 0 unspecified atom stereocenters. The summed E-state index contributed by atoms with van der Waals surface area (Å²) in [6.07, 6.45) is 2.98. The van der Waals surface area contributed by atoms with E-state index in [4.69, 9.17) is 4.63 Å². The fraction of sp³-hybridized carbons (Fsp3) is 0.0625. The minimum absolute atomic E-state index is 0.0909. The van der Waals surface area contributed by atoms with Gasteiger partial charge in [0.2, 0.25) is 5.82 Å². The summed E-state index contributed by atoms with van der Waals surface area (Å²) < 4.78 is 18.4. The molecule has 0 bridgehead atoms. The highest BCUT2D eigenvalue weighted by Crippen LogP contribution is 2.21. The lowest BCUT2D eigenvalue weighted by Gasteiger charge is -2.09. The predicted octanol–water partition coefficient (Wildman–Crippen LogP) is 3.11. The minimum Gasteiger partial charge on any atom is -0.338 e. The number of amidine groups is 1. The lowest BCUT2D eigenvalue weighted by atomic mass is 10.2. The number of hydrogen-bond donors (Lipinski definition) is 2. The number of pyridine rings is 1. The molecule has 132 valence electrons. The Morgan fingerprint density at radius 2 is 2.12 bits per heavy atom. The lowest BCUT2D eigenvalue weighted by molar-refractivity contribution is 0.102. The summed E-state index contributed by atoms with van der Waals surface area (Å²) >= 11 is 3.12. The van der Waals surface area contributed by atoms with E-state index in [-0.39, 0.29) is 17.3 Å². The largest absolute Gasteiger partial charge is 0.338 e. The Balaban J connectivity index is 1.81. The lowest BCUT2D eigenvalue weighted by Crippen LogP contribution is -2.19. The monoisotopic (exact) mass is 418 g/mol. The first-order chi connectivity index (χ1) is 12.6. The number of carbonyl (C=O) groups excluding carboxylic acids is 1. The van der Waals surface area contributed by atoms with E-state index in [0.717, 1.165) is 0 Å². The fourth-order valence-corrected chi connectivity index (χ4v) is 2.41. The quantitative estimate of drug-likeness (QED) is 0.498. The summed E-state index contributed by atoms with van der Waals surface area (Å²) in [4.78, 5) is 20.2. The molecule has 1 amide bonds. The molecule has 2 heterocycles. The Hall–Kier alpha value is -3.14. The van der Waals surface area contributed by atoms with Crippen LogP contribution in [0.3, 0.4) is 0 Å². The van der Waals surface area contributed by atoms with Gasteiger partial charge in [-0.15, -0.1) is 0 Å². The average molecular weight is 419 g/mol. The van der Waals surface area contributed by atoms with Crippen LogP contribution in [-0.4, -0.2) is 34.1 Å². The van der Waals surface area contributed by atoms with Crippen LogP contribution in [-0.2, 0) is 0 Å². The van der Waals surface area contributed by atoms with Crippen molar-refractivity contribution in [2.24, 2.45) is 4.99 Å². The number of nitrogens with one attached hydrogen (secondary N) is 2. The van der Waals surface area contributed by atoms with Gasteiger partial charge < -0.3 is 10.6 Å². The molecule has 26 heavy (non-hydrogen) atoms. The Labute approximate surface area is 155 Å². The molecule has 0 spiro atoms. The number of aliphatic imine (C=N–C) groups is 1. The minimum atomic E-state index is -0.421. The number of benzene rings is 1. The van der Waals surface area contributed by atoms with Crippen molar-refractivity contribution in [1.29, 1.82) is 0 Å². The van der Waals surface area contributed by atoms with Gasteiger partial charge in [-0.1, -0.05) is 0 Å². The Morgan fingerprint density at radius 1 is 1.27 bits per heavy atom. The second kappa shape index (κ2) is 7.83. The van der Waals surface area contributed by atoms with Gasteiger partial charge in [0.25, 0.3) is 5.91 Å². The van der Waals surface area contributed by atoms with Gasteiger partial charge in [0.05, 0.1) is 10.0 Å². The van der Waals surface area contributed by atoms with Crippen LogP contribution < -0.4 is 10.6 Å². The maximum Gasteiger partial charge on any atom is 0.258 e. The third-order valence-corrected chi connectivity index (χ3v) is 3.88. The molecule has 8 nitrogen and oxygen atoms in total. The summed E-state index contributed by atoms with van der Waals surface area (Å²) in [7, 11) is 1.53. The van der Waals surface area contributed by atoms with Gasteiger partial charge in [-0.2, -0.15) is 0 Å². The average Bonchev–Trinajstić information content (AvgIpc) is 3.11. The molecule has 2 N–H and O–H groups in total. The molecule has 0 radical (unpaired) electrons. The molecule has 1 aromatic carbocycles. The van der Waals surface area contributed by atoms with Crippen LogP contribution >= 0.6 is 15.9 Å². The van der Waals surface area contributed by atoms with Gasteiger partial charge in [-0.3, -0.25) is 14.8 Å². The van der Waals surface area contributed by atoms with E-state index in [9.17, 15) is 9.18 Å². The van der Waals surface area contributed by atoms with Crippen LogP contribution in [0.4, 0.5) is 15.9 Å². The molecule has 2 aromatic heterocycles. The van der Waals surface area contributed by atoms with E-state index in [2.05, 4.69) is 46.9 Å². The number of halogens is 2. The van der Waals surface area contributed by atoms with Crippen molar-refractivity contribution in [3.63, 3.8) is 0 Å². The second-order valence-corrected chi connectivity index (χ2v) is 5.84. The first kappa shape index (κ1) is 17.7. The van der Waals surface area contributed by atoms with Crippen molar-refractivity contribution in [1.82, 2.24) is 15.3 Å². The number of aromatic nitrogens is 3. The molecule has 0 saturated carbocycles. The van der Waals surface area contributed by atoms with Crippen LogP contribution in [0.25, 0.3) is 0 Å². The summed E-state index contributed by atoms with van der Waals surface area (Å²) in [6.45, 7) is 0. The van der Waals surface area contributed by atoms with E-state index in [1.54, 1.807) is 24.4 Å². The molecule has 0 saturated heterocycles. The first-order valence-corrected chi connectivity index (χ1v) is 8.11. The van der Waals surface area contributed by atoms with Gasteiger partial charge in [-0.05, 0) is 56.6 Å². The maximum absolute atomic E-state index is 13.4. The summed E-state index contributed by atoms with van der Waals surface area (Å²) in [5.74, 6) is -0.438. The number of hydrogen-bond acceptors (Lipinski definition) is 6. The number of carbonyl (C=O) groups is 1. The van der Waals surface area contributed by atoms with Crippen molar-refractivity contribution in [3.05, 3.63) is 64.3 Å². The molecule has 3 rings (SSSR count). The van der Waals surface area contributed by atoms with Crippen LogP contribution in [0, 0.1) is 5.82 Å². The zero-order valence-corrected chi connectivity index (χ0v) is 15.0. The SMILES string of the molecule is CN=C(Nc1ccc(F)c(Br)c1)c1nonc1NC(=O)c1cccnc1. The fourth-order valence-electron chi connectivity index (χ4n) is 2.03. The molecular weight excluding hydrogens is 407 g/mol. The number of rotatable bonds is 4. The van der Waals surface area contributed by atoms with Crippen LogP contribution in [0.5, 0.6) is 0 Å². The van der Waals surface area contributed by atoms with Crippen LogP contribution in [0.15, 0.2) is 56.8 Å². The maximum atomic E-state index is 13.4. The number of nitrogens with zero attached hydrogens (tertiary/aromatic N) is 4. The second-order valence-electron chi connectivity index (χ2n) is 4.98. The normalized spacial score (nSPS) is 11.3. The predicted molar refractivity (Wildman–Crippen MR) is 96.7 cm³/mol. The molecule has 10 heteroatoms. The highest BCUT2D eigenvalue weighted by Gasteiger charge is 2.19. The van der Waals surface area contributed by atoms with Crippen LogP contribution in [0.1, 0.15) is 16.1 Å². The molecule has 3 aromatic rings. The van der Waals surface area contributed by atoms with Crippen molar-refractivity contribution in [3.8, 4) is 0 Å². The Bertz CT molecular complexity index is 960. The van der Waals surface area contributed by atoms with Crippen molar-refractivity contribution in [2.45, 2.75) is 0 Å². The number of anilines is 2. The molecule has 0 fully saturated rings. The Morgan fingerprint density at radius 3 is 2.81 bits per heavy atom. The zero-order chi connectivity index (χ0) is 18.5. The highest BCUT2D eigenvalue weighted by atomic mass is 79.9. The third-order valence-electron chi connectivity index (χ3n) is 3.27. The van der Waals surface area contributed by atoms with E-state index in [0.29, 0.717) is 15.7 Å². The van der Waals surface area contributed by atoms with Gasteiger partial charge >= 0.3 is 0 Å². The van der Waals surface area contributed by atoms with E-state index >= 15 is 0 Å². The van der Waals surface area contributed by atoms with Crippen LogP contribution in [0.2, 0.25) is 0 Å². The van der Waals surface area contributed by atoms with Crippen molar-refractivity contribution in [2.75, 3.05) is 17.7 Å². The standard InChI is InChI=1S/C16H12BrFN6O2/c1-19-14(21-10-4-5-12(18)11(17)7-10)13-15(24-26-23-13)22-16(25)9-3-2-6-20-8-9/h2-8H,1H3,(H,19,21)(H,22,24,25). The van der Waals surface area contributed by atoms with Gasteiger partial charge in [-0.25, -0.2) is 9.02 Å². The first-order valence-electron chi connectivity index (χ1n) is 7.31. The highest BCUT2D eigenvalue weighted by molar-refractivity contribution is 9.10. The molecule has 0 aliphatic heterocycles. The van der Waals surface area contributed by atoms with Crippen molar-refractivity contribution >= 4 is 39.2 Å². The van der Waals surface area contributed by atoms with Crippen molar-refractivity contribution < 1.29 is 13.8 Å². The molecular formula is C16H12BrFN6O2. The summed E-state index contributed by atoms with van der Waals surface area (Å²) in [5.41, 5.74) is 1.11. The van der Waals surface area contributed by atoms with E-state index < -0.39 is 11.7 Å². The van der Waals surface area contributed by atoms with Gasteiger partial charge in [0.1, 0.15) is 5.82 Å². The number of amides is 1. The van der Waals surface area contributed by atoms with E-state index in [1.165, 1.54) is 25.4 Å². The van der Waals surface area contributed by atoms with Gasteiger partial charge in [0, 0.05) is 25.1 Å².